The van der Waals surface area contributed by atoms with Crippen LogP contribution in [0.3, 0.4) is 0 Å². The average Bonchev–Trinajstić information content (AvgIpc) is 3.50. The van der Waals surface area contributed by atoms with Crippen molar-refractivity contribution in [2.75, 3.05) is 34.9 Å². The number of ketones is 1. The van der Waals surface area contributed by atoms with Crippen molar-refractivity contribution in [1.29, 1.82) is 0 Å². The van der Waals surface area contributed by atoms with E-state index < -0.39 is 71.9 Å². The van der Waals surface area contributed by atoms with Gasteiger partial charge in [-0.05, 0) is 62.4 Å². The number of carbonyl (C=O) groups excluding carboxylic acids is 5. The Kier molecular flexibility index (Phi) is 18.0. The number of aliphatic hydroxyl groups excluding tert-OH is 1. The van der Waals surface area contributed by atoms with E-state index in [9.17, 15) is 33.5 Å². The average molecular weight is 750 g/mol. The molecule has 4 amide bonds. The lowest BCUT2D eigenvalue weighted by Gasteiger charge is -2.41. The number of benzene rings is 1. The monoisotopic (exact) mass is 749 g/mol. The molecule has 13 nitrogen and oxygen atoms in total. The quantitative estimate of drug-likeness (QED) is 0.147. The molecule has 1 aliphatic rings. The summed E-state index contributed by atoms with van der Waals surface area (Å²) in [7, 11) is 6.29. The van der Waals surface area contributed by atoms with E-state index in [0.717, 1.165) is 0 Å². The van der Waals surface area contributed by atoms with Gasteiger partial charge in [-0.15, -0.1) is 0 Å². The maximum atomic E-state index is 14.1. The van der Waals surface area contributed by atoms with Gasteiger partial charge in [-0.1, -0.05) is 54.9 Å². The second-order valence-electron chi connectivity index (χ2n) is 15.1. The van der Waals surface area contributed by atoms with Gasteiger partial charge in [-0.3, -0.25) is 24.0 Å². The van der Waals surface area contributed by atoms with Crippen LogP contribution >= 0.6 is 0 Å². The number of methoxy groups -OCH3 is 2. The van der Waals surface area contributed by atoms with Crippen molar-refractivity contribution in [3.05, 3.63) is 35.6 Å². The molecule has 4 N–H and O–H groups in total. The van der Waals surface area contributed by atoms with E-state index in [-0.39, 0.29) is 60.4 Å². The van der Waals surface area contributed by atoms with Crippen LogP contribution in [0.4, 0.5) is 4.39 Å². The van der Waals surface area contributed by atoms with Crippen LogP contribution in [0.15, 0.2) is 24.3 Å². The van der Waals surface area contributed by atoms with Crippen molar-refractivity contribution in [2.45, 2.75) is 123 Å². The number of hydrogen-bond acceptors (Lipinski definition) is 9. The summed E-state index contributed by atoms with van der Waals surface area (Å²) in [6.07, 6.45) is -1.72. The van der Waals surface area contributed by atoms with Crippen molar-refractivity contribution in [1.82, 2.24) is 25.8 Å². The highest BCUT2D eigenvalue weighted by molar-refractivity contribution is 6.01. The Morgan fingerprint density at radius 3 is 2.00 bits per heavy atom. The lowest BCUT2D eigenvalue weighted by atomic mass is 9.89. The first kappa shape index (κ1) is 45.7. The molecular weight excluding hydrogens is 685 g/mol. The van der Waals surface area contributed by atoms with Crippen LogP contribution in [-0.4, -0.2) is 128 Å². The van der Waals surface area contributed by atoms with Crippen molar-refractivity contribution in [3.8, 4) is 0 Å². The summed E-state index contributed by atoms with van der Waals surface area (Å²) in [5.41, 5.74) is 0.250. The SMILES string of the molecule is CCC(C)[C@@H]([C@@H](CC(=O)N1C[C@@H](O)C[C@H]1[C@H](OC)[C@@H](C)C(=O)N[C@@H](C)C(=O)c1ccc(F)cc1)OC)N(C)C(=O)[C@@H](NC(=O)[C@@H](NC)C(C)C)C(C)C. The number of β-amino-alcohol motifs (C(OH)–C–C–N with tert-alkyl or cyclic N) is 1. The predicted octanol–water partition coefficient (Wildman–Crippen LogP) is 2.79. The number of ether oxygens (including phenoxy) is 2. The number of amides is 4. The standard InChI is InChI=1S/C39H64FN5O8/c1-13-23(6)34(44(10)39(51)33(22(4)5)43-38(50)32(41-9)21(2)3)30(52-11)19-31(47)45-20-28(46)18-29(45)36(53-12)24(7)37(49)42-25(8)35(48)26-14-16-27(40)17-15-26/h14-17,21-25,28-30,32-34,36,41,46H,13,18-20H2,1-12H3,(H,42,49)(H,43,50)/t23?,24-,25+,28+,29+,30-,32+,33+,34+,36-/m1/s1. The Hall–Kier alpha value is -3.46. The molecule has 1 fully saturated rings. The molecule has 0 bridgehead atoms. The van der Waals surface area contributed by atoms with Crippen LogP contribution in [0.25, 0.3) is 0 Å². The first-order chi connectivity index (χ1) is 24.8. The number of Topliss-reactive ketones (excluding diaryl/α,β-unsaturated/α-hetero) is 1. The third-order valence-electron chi connectivity index (χ3n) is 10.7. The summed E-state index contributed by atoms with van der Waals surface area (Å²) in [5.74, 6) is -3.42. The summed E-state index contributed by atoms with van der Waals surface area (Å²) in [6.45, 7) is 14.7. The van der Waals surface area contributed by atoms with Gasteiger partial charge in [-0.25, -0.2) is 4.39 Å². The summed E-state index contributed by atoms with van der Waals surface area (Å²) >= 11 is 0. The highest BCUT2D eigenvalue weighted by Crippen LogP contribution is 2.30. The molecule has 1 aromatic rings. The number of carbonyl (C=O) groups is 5. The van der Waals surface area contributed by atoms with Gasteiger partial charge in [0.2, 0.25) is 23.6 Å². The Morgan fingerprint density at radius 2 is 1.51 bits per heavy atom. The molecule has 53 heavy (non-hydrogen) atoms. The molecule has 2 rings (SSSR count). The Bertz CT molecular complexity index is 1380. The second-order valence-corrected chi connectivity index (χ2v) is 15.1. The smallest absolute Gasteiger partial charge is 0.245 e. The first-order valence-corrected chi connectivity index (χ1v) is 18.7. The van der Waals surface area contributed by atoms with Gasteiger partial charge in [0.1, 0.15) is 11.9 Å². The lowest BCUT2D eigenvalue weighted by molar-refractivity contribution is -0.148. The minimum Gasteiger partial charge on any atom is -0.391 e. The van der Waals surface area contributed by atoms with Crippen molar-refractivity contribution >= 4 is 29.4 Å². The van der Waals surface area contributed by atoms with Crippen LogP contribution < -0.4 is 16.0 Å². The molecule has 1 aromatic carbocycles. The van der Waals surface area contributed by atoms with Gasteiger partial charge >= 0.3 is 0 Å². The Balaban J connectivity index is 2.29. The third kappa shape index (κ3) is 11.8. The number of halogens is 1. The van der Waals surface area contributed by atoms with E-state index in [1.54, 1.807) is 25.9 Å². The largest absolute Gasteiger partial charge is 0.391 e. The van der Waals surface area contributed by atoms with E-state index in [1.165, 1.54) is 50.3 Å². The molecular formula is C39H64FN5O8. The van der Waals surface area contributed by atoms with E-state index in [4.69, 9.17) is 9.47 Å². The summed E-state index contributed by atoms with van der Waals surface area (Å²) < 4.78 is 25.1. The van der Waals surface area contributed by atoms with Crippen molar-refractivity contribution in [2.24, 2.45) is 23.7 Å². The van der Waals surface area contributed by atoms with E-state index in [2.05, 4.69) is 16.0 Å². The van der Waals surface area contributed by atoms with Crippen molar-refractivity contribution in [3.63, 3.8) is 0 Å². The second kappa shape index (κ2) is 20.8. The number of likely N-dealkylation sites (N-methyl/N-ethyl adjacent to an activating group) is 2. The zero-order chi connectivity index (χ0) is 40.3. The van der Waals surface area contributed by atoms with Gasteiger partial charge in [-0.2, -0.15) is 0 Å². The number of nitrogens with one attached hydrogen (secondary N) is 3. The lowest BCUT2D eigenvalue weighted by Crippen LogP contribution is -2.59. The molecule has 1 aliphatic heterocycles. The number of nitrogens with zero attached hydrogens (tertiary/aromatic N) is 2. The molecule has 1 unspecified atom stereocenters. The zero-order valence-electron chi connectivity index (χ0n) is 33.6. The van der Waals surface area contributed by atoms with E-state index in [0.29, 0.717) is 6.42 Å². The molecule has 1 saturated heterocycles. The summed E-state index contributed by atoms with van der Waals surface area (Å²) in [5, 5.41) is 19.4. The minimum atomic E-state index is -0.914. The van der Waals surface area contributed by atoms with Gasteiger partial charge < -0.3 is 40.3 Å². The molecule has 0 spiro atoms. The van der Waals surface area contributed by atoms with Crippen LogP contribution in [0.1, 0.15) is 85.0 Å². The van der Waals surface area contributed by atoms with Crippen molar-refractivity contribution < 1.29 is 42.9 Å². The highest BCUT2D eigenvalue weighted by atomic mass is 19.1. The fourth-order valence-corrected chi connectivity index (χ4v) is 7.32. The molecule has 14 heteroatoms. The maximum absolute atomic E-state index is 14.1. The topological polar surface area (TPSA) is 167 Å². The molecule has 0 radical (unpaired) electrons. The van der Waals surface area contributed by atoms with Crippen LogP contribution in [0, 0.1) is 29.5 Å². The number of rotatable bonds is 20. The molecule has 300 valence electrons. The summed E-state index contributed by atoms with van der Waals surface area (Å²) in [4.78, 5) is 70.9. The first-order valence-electron chi connectivity index (χ1n) is 18.7. The normalized spacial score (nSPS) is 20.6. The third-order valence-corrected chi connectivity index (χ3v) is 10.7. The van der Waals surface area contributed by atoms with E-state index >= 15 is 0 Å². The number of likely N-dealkylation sites (tertiary alicyclic amines) is 1. The minimum absolute atomic E-state index is 0.000908. The highest BCUT2D eigenvalue weighted by Gasteiger charge is 2.45. The molecule has 1 heterocycles. The zero-order valence-corrected chi connectivity index (χ0v) is 33.6. The maximum Gasteiger partial charge on any atom is 0.245 e. The molecule has 0 aliphatic carbocycles. The summed E-state index contributed by atoms with van der Waals surface area (Å²) in [6, 6.07) is 1.63. The van der Waals surface area contributed by atoms with Gasteiger partial charge in [0.15, 0.2) is 5.78 Å². The Labute approximate surface area is 315 Å². The number of aliphatic hydroxyl groups is 1. The van der Waals surface area contributed by atoms with Gasteiger partial charge in [0.25, 0.3) is 0 Å². The number of hydrogen-bond donors (Lipinski definition) is 4. The Morgan fingerprint density at radius 1 is 0.925 bits per heavy atom. The molecule has 0 aromatic heterocycles. The predicted molar refractivity (Wildman–Crippen MR) is 200 cm³/mol. The fourth-order valence-electron chi connectivity index (χ4n) is 7.32. The van der Waals surface area contributed by atoms with Gasteiger partial charge in [0, 0.05) is 33.4 Å². The molecule has 10 atom stereocenters. The van der Waals surface area contributed by atoms with E-state index in [1.807, 2.05) is 41.5 Å². The van der Waals surface area contributed by atoms with Crippen LogP contribution in [-0.2, 0) is 28.7 Å². The molecule has 0 saturated carbocycles. The van der Waals surface area contributed by atoms with Crippen LogP contribution in [0.5, 0.6) is 0 Å². The fraction of sp³-hybridized carbons (Fsp3) is 0.718. The van der Waals surface area contributed by atoms with Gasteiger partial charge in [0.05, 0.1) is 54.8 Å². The van der Waals surface area contributed by atoms with Crippen LogP contribution in [0.2, 0.25) is 0 Å².